The number of carboxylic acids is 1. The van der Waals surface area contributed by atoms with E-state index in [2.05, 4.69) is 0 Å². The molecule has 0 atom stereocenters. The van der Waals surface area contributed by atoms with E-state index in [1.165, 1.54) is 0 Å². The van der Waals surface area contributed by atoms with Crippen LogP contribution in [0, 0.1) is 0 Å². The van der Waals surface area contributed by atoms with E-state index in [4.69, 9.17) is 10.8 Å². The minimum Gasteiger partial charge on any atom is -0.482 e. The summed E-state index contributed by atoms with van der Waals surface area (Å²) >= 11 is 0. The van der Waals surface area contributed by atoms with E-state index in [9.17, 15) is 4.79 Å². The van der Waals surface area contributed by atoms with Gasteiger partial charge in [-0.05, 0) is 0 Å². The molecule has 0 aliphatic carbocycles. The zero-order valence-electron chi connectivity index (χ0n) is 3.22. The van der Waals surface area contributed by atoms with Gasteiger partial charge in [-0.15, -0.1) is 0 Å². The number of hydrogen-bond acceptors (Lipinski definition) is 2. The van der Waals surface area contributed by atoms with Gasteiger partial charge in [0.25, 0.3) is 5.97 Å². The third-order valence-corrected chi connectivity index (χ3v) is 0.292. The summed E-state index contributed by atoms with van der Waals surface area (Å²) in [6, 6.07) is 0. The van der Waals surface area contributed by atoms with Gasteiger partial charge in [0.1, 0.15) is 0 Å². The normalized spacial score (nSPS) is 7.50. The molecule has 0 heterocycles. The lowest BCUT2D eigenvalue weighted by Gasteiger charge is -1.78. The molecule has 33 valence electrons. The van der Waals surface area contributed by atoms with E-state index in [0.29, 0.717) is 0 Å². The number of carbonyl (C=O) groups is 1. The first-order valence-electron chi connectivity index (χ1n) is 1.52. The molecule has 0 aromatic heterocycles. The predicted molar refractivity (Wildman–Crippen MR) is 22.4 cm³/mol. The van der Waals surface area contributed by atoms with Gasteiger partial charge in [0.05, 0.1) is 0 Å². The van der Waals surface area contributed by atoms with E-state index < -0.39 is 5.97 Å². The van der Waals surface area contributed by atoms with Crippen LogP contribution in [0.25, 0.3) is 0 Å². The van der Waals surface area contributed by atoms with Gasteiger partial charge in [-0.1, -0.05) is 0 Å². The summed E-state index contributed by atoms with van der Waals surface area (Å²) in [6.45, 7) is 0. The molecule has 0 aromatic carbocycles. The lowest BCUT2D eigenvalue weighted by Crippen LogP contribution is -2.09. The average Bonchev–Trinajstić information content (AvgIpc) is 1.35. The fourth-order valence-electron chi connectivity index (χ4n) is 0.101. The fraction of sp³-hybridized carbons (Fsp3) is 0.500. The maximum atomic E-state index is 9.49. The highest BCUT2D eigenvalue weighted by atomic mass is 16.4. The van der Waals surface area contributed by atoms with Gasteiger partial charge >= 0.3 is 0 Å². The van der Waals surface area contributed by atoms with Crippen molar-refractivity contribution in [2.75, 3.05) is 0 Å². The molecule has 0 unspecified atom stereocenters. The summed E-state index contributed by atoms with van der Waals surface area (Å²) in [7, 11) is 1.10. The molecular weight excluding hydrogens is 80.8 g/mol. The highest BCUT2D eigenvalue weighted by Gasteiger charge is 1.90. The summed E-state index contributed by atoms with van der Waals surface area (Å²) in [5.41, 5.74) is 4.72. The van der Waals surface area contributed by atoms with Crippen molar-refractivity contribution in [3.8, 4) is 0 Å². The summed E-state index contributed by atoms with van der Waals surface area (Å²) in [5.74, 6) is -0.891. The van der Waals surface area contributed by atoms with Crippen LogP contribution in [0.5, 0.6) is 0 Å². The van der Waals surface area contributed by atoms with Crippen molar-refractivity contribution in [2.24, 2.45) is 5.64 Å². The molecule has 0 spiro atoms. The number of rotatable bonds is 2. The Morgan fingerprint density at radius 3 is 2.50 bits per heavy atom. The zero-order valence-corrected chi connectivity index (χ0v) is 3.22. The molecule has 1 radical (unpaired) electrons. The number of carboxylic acid groups (broad SMARTS) is 1. The Bertz CT molecular complexity index is 55.5. The Balaban J connectivity index is 2.83. The molecule has 0 aliphatic heterocycles. The van der Waals surface area contributed by atoms with Crippen molar-refractivity contribution < 1.29 is 9.90 Å². The number of aliphatic carboxylic acids is 1. The second-order valence-corrected chi connectivity index (χ2v) is 0.834. The molecule has 0 saturated heterocycles. The van der Waals surface area contributed by atoms with E-state index in [0.717, 1.165) is 7.41 Å². The highest BCUT2D eigenvalue weighted by molar-refractivity contribution is 6.36. The van der Waals surface area contributed by atoms with E-state index in [-0.39, 0.29) is 6.32 Å². The van der Waals surface area contributed by atoms with Crippen molar-refractivity contribution in [1.82, 2.24) is 0 Å². The van der Waals surface area contributed by atoms with Crippen LogP contribution in [0.3, 0.4) is 0 Å². The summed E-state index contributed by atoms with van der Waals surface area (Å²) in [5, 5.41) is 7.80. The molecule has 0 bridgehead atoms. The summed E-state index contributed by atoms with van der Waals surface area (Å²) in [6.07, 6.45) is -0.0556. The Morgan fingerprint density at radius 2 is 2.50 bits per heavy atom. The first kappa shape index (κ1) is 5.49. The highest BCUT2D eigenvalue weighted by Crippen LogP contribution is 1.67. The van der Waals surface area contributed by atoms with Crippen LogP contribution in [0.4, 0.5) is 0 Å². The largest absolute Gasteiger partial charge is 0.482 e. The first-order valence-corrected chi connectivity index (χ1v) is 1.52. The van der Waals surface area contributed by atoms with Crippen LogP contribution in [-0.4, -0.2) is 18.5 Å². The summed E-state index contributed by atoms with van der Waals surface area (Å²) < 4.78 is 0. The monoisotopic (exact) mass is 86.0 g/mol. The molecule has 3 N–H and O–H groups in total. The van der Waals surface area contributed by atoms with Gasteiger partial charge < -0.3 is 10.8 Å². The van der Waals surface area contributed by atoms with Gasteiger partial charge in [-0.3, -0.25) is 4.79 Å². The smallest absolute Gasteiger partial charge is 0.296 e. The molecule has 0 aromatic rings. The third-order valence-electron chi connectivity index (χ3n) is 0.292. The molecule has 0 rings (SSSR count). The van der Waals surface area contributed by atoms with Crippen molar-refractivity contribution in [3.63, 3.8) is 0 Å². The van der Waals surface area contributed by atoms with Crippen LogP contribution in [0.15, 0.2) is 0 Å². The minimum absolute atomic E-state index is 0.0556. The van der Waals surface area contributed by atoms with Crippen LogP contribution < -0.4 is 5.64 Å². The molecule has 0 amide bonds. The quantitative estimate of drug-likeness (QED) is 0.426. The lowest BCUT2D eigenvalue weighted by atomic mass is 9.92. The van der Waals surface area contributed by atoms with E-state index in [1.807, 2.05) is 0 Å². The number of hydrogen-bond donors (Lipinski definition) is 2. The van der Waals surface area contributed by atoms with Crippen LogP contribution in [0.1, 0.15) is 0 Å². The van der Waals surface area contributed by atoms with Gasteiger partial charge in [0.15, 0.2) is 0 Å². The van der Waals surface area contributed by atoms with Crippen LogP contribution >= 0.6 is 0 Å². The van der Waals surface area contributed by atoms with Gasteiger partial charge in [0.2, 0.25) is 7.41 Å². The Labute approximate surface area is 36.4 Å². The molecule has 4 heteroatoms. The average molecular weight is 85.9 g/mol. The molecular formula is C2H5BNO2. The standard InChI is InChI=1S/C2H5BNO2/c4-3-1-2(5)6/h1,4H2,(H,5,6). The SMILES string of the molecule is N[B]CC(=O)O. The van der Waals surface area contributed by atoms with Crippen LogP contribution in [-0.2, 0) is 4.79 Å². The van der Waals surface area contributed by atoms with Gasteiger partial charge in [0, 0.05) is 6.32 Å². The molecule has 0 aliphatic rings. The van der Waals surface area contributed by atoms with Crippen molar-refractivity contribution in [1.29, 1.82) is 0 Å². The second kappa shape index (κ2) is 2.72. The fourth-order valence-corrected chi connectivity index (χ4v) is 0.101. The first-order chi connectivity index (χ1) is 2.77. The second-order valence-electron chi connectivity index (χ2n) is 0.834. The number of nitrogens with two attached hydrogens (primary N) is 1. The molecule has 3 nitrogen and oxygen atoms in total. The minimum atomic E-state index is -0.891. The third kappa shape index (κ3) is 3.49. The molecule has 6 heavy (non-hydrogen) atoms. The maximum absolute atomic E-state index is 9.49. The topological polar surface area (TPSA) is 63.3 Å². The maximum Gasteiger partial charge on any atom is 0.296 e. The Kier molecular flexibility index (Phi) is 2.49. The summed E-state index contributed by atoms with van der Waals surface area (Å²) in [4.78, 5) is 9.49. The van der Waals surface area contributed by atoms with Crippen molar-refractivity contribution in [2.45, 2.75) is 6.32 Å². The van der Waals surface area contributed by atoms with Gasteiger partial charge in [-0.2, -0.15) is 0 Å². The lowest BCUT2D eigenvalue weighted by molar-refractivity contribution is -0.134. The Hall–Kier alpha value is -0.505. The van der Waals surface area contributed by atoms with Crippen molar-refractivity contribution >= 4 is 13.4 Å². The molecule has 0 saturated carbocycles. The molecule has 0 fully saturated rings. The van der Waals surface area contributed by atoms with Crippen molar-refractivity contribution in [3.05, 3.63) is 0 Å². The van der Waals surface area contributed by atoms with Gasteiger partial charge in [-0.25, -0.2) is 0 Å². The van der Waals surface area contributed by atoms with E-state index >= 15 is 0 Å². The Morgan fingerprint density at radius 1 is 2.00 bits per heavy atom. The zero-order chi connectivity index (χ0) is 4.99. The van der Waals surface area contributed by atoms with Crippen LogP contribution in [0.2, 0.25) is 6.32 Å². The van der Waals surface area contributed by atoms with E-state index in [1.54, 1.807) is 0 Å². The predicted octanol–water partition coefficient (Wildman–Crippen LogP) is -0.933.